The second-order valence-electron chi connectivity index (χ2n) is 9.91. The molecule has 246 valence electrons. The average molecular weight is 701 g/mol. The molecule has 19 nitrogen and oxygen atoms in total. The number of nitrogen functional groups attached to an aromatic ring is 1. The van der Waals surface area contributed by atoms with Crippen LogP contribution < -0.4 is 5.73 Å². The molecule has 6 atom stereocenters. The summed E-state index contributed by atoms with van der Waals surface area (Å²) in [5.41, 5.74) is 5.12. The Bertz CT molecular complexity index is 1890. The molecule has 0 aliphatic carbocycles. The lowest BCUT2D eigenvalue weighted by atomic mass is 9.92. The van der Waals surface area contributed by atoms with Crippen molar-refractivity contribution in [3.63, 3.8) is 0 Å². The van der Waals surface area contributed by atoms with Gasteiger partial charge in [-0.3, -0.25) is 13.9 Å². The molecule has 46 heavy (non-hydrogen) atoms. The molecule has 0 bridgehead atoms. The van der Waals surface area contributed by atoms with Crippen LogP contribution in [-0.4, -0.2) is 80.0 Å². The molecule has 0 radical (unpaired) electrons. The third-order valence-corrected chi connectivity index (χ3v) is 10.6. The van der Waals surface area contributed by atoms with Crippen molar-refractivity contribution in [2.45, 2.75) is 30.5 Å². The Kier molecular flexibility index (Phi) is 9.45. The normalized spacial score (nSPS) is 24.4. The lowest BCUT2D eigenvalue weighted by Crippen LogP contribution is -2.51. The van der Waals surface area contributed by atoms with Gasteiger partial charge in [0, 0.05) is 5.56 Å². The molecule has 22 heteroatoms. The van der Waals surface area contributed by atoms with Crippen LogP contribution in [0.4, 0.5) is 5.82 Å². The molecule has 1 aliphatic heterocycles. The number of ketones is 1. The Balaban J connectivity index is 1.47. The average Bonchev–Trinajstić information content (AvgIpc) is 3.51. The molecule has 3 heterocycles. The zero-order chi connectivity index (χ0) is 33.5. The number of fused-ring (bicyclic) bond motifs is 1. The number of carbonyl (C=O) groups is 1. The third-order valence-electron chi connectivity index (χ3n) is 6.77. The molecule has 1 saturated heterocycles. The van der Waals surface area contributed by atoms with Gasteiger partial charge in [0.1, 0.15) is 36.5 Å². The number of benzene rings is 2. The summed E-state index contributed by atoms with van der Waals surface area (Å²) in [6.45, 7) is -1.17. The number of anilines is 1. The number of ether oxygens (including phenoxy) is 1. The summed E-state index contributed by atoms with van der Waals surface area (Å²) < 4.78 is 53.8. The SMILES string of the molecule is Nc1ncnc2c1ncn2[C@]1(C(=O)c2ccc(Cc3ccccc3)cc2)O[C@H](COP(=O)(O)OP(=O)(O)OP(=O)(O)O)[C@@H](O)[C@H]1O. The van der Waals surface area contributed by atoms with Gasteiger partial charge in [-0.1, -0.05) is 54.6 Å². The Labute approximate surface area is 258 Å². The number of phosphoric ester groups is 1. The van der Waals surface area contributed by atoms with Gasteiger partial charge < -0.3 is 40.3 Å². The van der Waals surface area contributed by atoms with Crippen molar-refractivity contribution < 1.29 is 66.2 Å². The Hall–Kier alpha value is -3.25. The Morgan fingerprint density at radius 2 is 1.57 bits per heavy atom. The van der Waals surface area contributed by atoms with Crippen molar-refractivity contribution in [3.8, 4) is 0 Å². The summed E-state index contributed by atoms with van der Waals surface area (Å²) >= 11 is 0. The lowest BCUT2D eigenvalue weighted by molar-refractivity contribution is -0.112. The highest BCUT2D eigenvalue weighted by atomic mass is 31.3. The first kappa shape index (κ1) is 34.1. The Morgan fingerprint density at radius 3 is 2.22 bits per heavy atom. The molecule has 1 aliphatic rings. The molecular formula is C24H26N5O14P3. The largest absolute Gasteiger partial charge is 0.490 e. The first-order chi connectivity index (χ1) is 21.5. The van der Waals surface area contributed by atoms with E-state index in [4.69, 9.17) is 20.3 Å². The minimum Gasteiger partial charge on any atom is -0.387 e. The molecule has 4 aromatic rings. The second kappa shape index (κ2) is 12.7. The van der Waals surface area contributed by atoms with E-state index >= 15 is 0 Å². The zero-order valence-electron chi connectivity index (χ0n) is 23.2. The van der Waals surface area contributed by atoms with Crippen molar-refractivity contribution in [1.29, 1.82) is 0 Å². The van der Waals surface area contributed by atoms with Crippen LogP contribution in [0.5, 0.6) is 0 Å². The first-order valence-electron chi connectivity index (χ1n) is 13.0. The minimum atomic E-state index is -5.85. The van der Waals surface area contributed by atoms with Crippen LogP contribution in [-0.2, 0) is 43.7 Å². The van der Waals surface area contributed by atoms with E-state index in [0.717, 1.165) is 28.3 Å². The van der Waals surface area contributed by atoms with Gasteiger partial charge in [-0.25, -0.2) is 28.6 Å². The van der Waals surface area contributed by atoms with Gasteiger partial charge in [0.15, 0.2) is 11.5 Å². The summed E-state index contributed by atoms with van der Waals surface area (Å²) in [7, 11) is -17.2. The summed E-state index contributed by atoms with van der Waals surface area (Å²) in [6, 6.07) is 15.8. The number of phosphoric acid groups is 3. The van der Waals surface area contributed by atoms with E-state index in [1.165, 1.54) is 12.1 Å². The van der Waals surface area contributed by atoms with Crippen LogP contribution in [0.1, 0.15) is 21.5 Å². The minimum absolute atomic E-state index is 0.000441. The first-order valence-corrected chi connectivity index (χ1v) is 17.5. The predicted octanol–water partition coefficient (Wildman–Crippen LogP) is 0.999. The molecule has 2 unspecified atom stereocenters. The van der Waals surface area contributed by atoms with Crippen molar-refractivity contribution in [2.24, 2.45) is 0 Å². The van der Waals surface area contributed by atoms with Crippen LogP contribution in [0, 0.1) is 0 Å². The van der Waals surface area contributed by atoms with Gasteiger partial charge in [-0.05, 0) is 17.5 Å². The fourth-order valence-corrected chi connectivity index (χ4v) is 7.84. The number of aliphatic hydroxyl groups excluding tert-OH is 2. The van der Waals surface area contributed by atoms with E-state index < -0.39 is 59.9 Å². The number of rotatable bonds is 12. The lowest BCUT2D eigenvalue weighted by Gasteiger charge is -2.32. The number of aliphatic hydroxyl groups is 2. The van der Waals surface area contributed by atoms with Gasteiger partial charge in [0.25, 0.3) is 0 Å². The molecule has 0 amide bonds. The number of imidazole rings is 1. The number of hydrogen-bond acceptors (Lipinski definition) is 14. The Morgan fingerprint density at radius 1 is 0.913 bits per heavy atom. The van der Waals surface area contributed by atoms with Gasteiger partial charge in [0.05, 0.1) is 6.61 Å². The molecule has 5 rings (SSSR count). The van der Waals surface area contributed by atoms with Crippen LogP contribution in [0.2, 0.25) is 0 Å². The highest BCUT2D eigenvalue weighted by molar-refractivity contribution is 7.66. The van der Waals surface area contributed by atoms with Gasteiger partial charge >= 0.3 is 23.5 Å². The van der Waals surface area contributed by atoms with Gasteiger partial charge in [0.2, 0.25) is 11.5 Å². The predicted molar refractivity (Wildman–Crippen MR) is 154 cm³/mol. The fourth-order valence-electron chi connectivity index (χ4n) is 4.81. The molecule has 2 aromatic heterocycles. The summed E-state index contributed by atoms with van der Waals surface area (Å²) in [6.07, 6.45) is -3.30. The van der Waals surface area contributed by atoms with E-state index in [1.54, 1.807) is 12.1 Å². The van der Waals surface area contributed by atoms with Gasteiger partial charge in [-0.15, -0.1) is 0 Å². The molecule has 2 aromatic carbocycles. The molecule has 0 saturated carbocycles. The maximum absolute atomic E-state index is 14.2. The number of nitrogens with two attached hydrogens (primary N) is 1. The molecule has 0 spiro atoms. The summed E-state index contributed by atoms with van der Waals surface area (Å²) in [5.74, 6) is -1.00. The molecular weight excluding hydrogens is 675 g/mol. The van der Waals surface area contributed by atoms with Crippen LogP contribution in [0.3, 0.4) is 0 Å². The zero-order valence-corrected chi connectivity index (χ0v) is 25.8. The maximum Gasteiger partial charge on any atom is 0.490 e. The number of nitrogens with zero attached hydrogens (tertiary/aromatic N) is 4. The highest BCUT2D eigenvalue weighted by Crippen LogP contribution is 2.66. The van der Waals surface area contributed by atoms with Crippen molar-refractivity contribution in [2.75, 3.05) is 12.3 Å². The van der Waals surface area contributed by atoms with Crippen molar-refractivity contribution >= 4 is 46.2 Å². The highest BCUT2D eigenvalue weighted by Gasteiger charge is 2.61. The molecule has 8 N–H and O–H groups in total. The van der Waals surface area contributed by atoms with Crippen molar-refractivity contribution in [3.05, 3.63) is 83.9 Å². The van der Waals surface area contributed by atoms with E-state index in [1.807, 2.05) is 30.3 Å². The van der Waals surface area contributed by atoms with E-state index in [0.29, 0.717) is 6.42 Å². The van der Waals surface area contributed by atoms with E-state index in [2.05, 4.69) is 28.1 Å². The number of hydrogen-bond donors (Lipinski definition) is 7. The van der Waals surface area contributed by atoms with E-state index in [9.17, 15) is 38.5 Å². The van der Waals surface area contributed by atoms with Crippen LogP contribution in [0.25, 0.3) is 11.2 Å². The van der Waals surface area contributed by atoms with Crippen molar-refractivity contribution in [1.82, 2.24) is 19.5 Å². The van der Waals surface area contributed by atoms with Gasteiger partial charge in [-0.2, -0.15) is 8.62 Å². The summed E-state index contributed by atoms with van der Waals surface area (Å²) in [5, 5.41) is 22.3. The van der Waals surface area contributed by atoms with Crippen LogP contribution >= 0.6 is 23.5 Å². The topological polar surface area (TPSA) is 296 Å². The number of carbonyl (C=O) groups excluding carboxylic acids is 1. The quantitative estimate of drug-likeness (QED) is 0.0800. The number of Topliss-reactive ketones (excluding diaryl/α,β-unsaturated/α-hetero) is 1. The third kappa shape index (κ3) is 7.17. The monoisotopic (exact) mass is 701 g/mol. The smallest absolute Gasteiger partial charge is 0.387 e. The van der Waals surface area contributed by atoms with Crippen LogP contribution in [0.15, 0.2) is 67.3 Å². The standard InChI is InChI=1S/C24H26N5O14P3/c25-22-18-23(27-12-26-22)29(13-28-18)24(20(31)16-8-6-15(7-9-16)10-14-4-2-1-3-5-14)21(32)19(30)17(41-24)11-40-45(36,37)43-46(38,39)42-44(33,34)35/h1-9,12-13,17,19,21,30,32H,10-11H2,(H,36,37)(H,38,39)(H2,25,26,27)(H2,33,34,35)/t17-,19-,21-,24-/m1/s1. The van der Waals surface area contributed by atoms with E-state index in [-0.39, 0.29) is 22.5 Å². The number of aromatic nitrogens is 4. The molecule has 1 fully saturated rings. The second-order valence-corrected chi connectivity index (χ2v) is 14.3. The fraction of sp³-hybridized carbons (Fsp3) is 0.250. The summed E-state index contributed by atoms with van der Waals surface area (Å²) in [4.78, 5) is 63.0. The maximum atomic E-state index is 14.2.